The second-order valence-electron chi connectivity index (χ2n) is 8.78. The normalized spacial score (nSPS) is 15.1. The molecule has 3 amide bonds. The molecule has 0 bridgehead atoms. The number of hydrogen-bond acceptors (Lipinski definition) is 4. The van der Waals surface area contributed by atoms with E-state index in [1.807, 2.05) is 52.0 Å². The molecule has 0 spiro atoms. The number of thioether (sulfide) groups is 1. The number of halogens is 3. The minimum Gasteiger partial charge on any atom is -0.325 e. The topological polar surface area (TPSA) is 71.4 Å². The van der Waals surface area contributed by atoms with Crippen molar-refractivity contribution in [3.63, 3.8) is 0 Å². The third-order valence-electron chi connectivity index (χ3n) is 6.22. The summed E-state index contributed by atoms with van der Waals surface area (Å²) in [6.45, 7) is 7.34. The standard InChI is InChI=1S/C27H24F3N3O3S/c1-15-7-5-10-22(17(15)3)33-16(2)11-19(18(33)4)12-23-25(35)32(26(36)37-23)14-24(34)31-21-9-6-8-20(13-21)27(28,29)30/h5-13H,14H2,1-4H3,(H,31,34)/b23-12-. The van der Waals surface area contributed by atoms with Gasteiger partial charge in [0.2, 0.25) is 5.91 Å². The number of imide groups is 1. The van der Waals surface area contributed by atoms with E-state index in [4.69, 9.17) is 0 Å². The molecule has 1 N–H and O–H groups in total. The van der Waals surface area contributed by atoms with E-state index in [9.17, 15) is 27.6 Å². The number of aromatic nitrogens is 1. The predicted octanol–water partition coefficient (Wildman–Crippen LogP) is 6.40. The number of carbonyl (C=O) groups excluding carboxylic acids is 3. The van der Waals surface area contributed by atoms with Crippen LogP contribution in [0.4, 0.5) is 23.7 Å². The Morgan fingerprint density at radius 2 is 1.73 bits per heavy atom. The van der Waals surface area contributed by atoms with Gasteiger partial charge in [0.25, 0.3) is 11.1 Å². The van der Waals surface area contributed by atoms with E-state index in [0.29, 0.717) is 11.8 Å². The SMILES string of the molecule is Cc1cccc(-n2c(C)cc(/C=C3\SC(=O)N(CC(=O)Nc4cccc(C(F)(F)F)c4)C3=O)c2C)c1C. The molecule has 6 nitrogen and oxygen atoms in total. The molecular formula is C27H24F3N3O3S. The monoisotopic (exact) mass is 527 g/mol. The molecule has 1 aromatic heterocycles. The highest BCUT2D eigenvalue weighted by atomic mass is 32.2. The number of aryl methyl sites for hydroxylation is 2. The Balaban J connectivity index is 1.53. The Hall–Kier alpha value is -3.79. The summed E-state index contributed by atoms with van der Waals surface area (Å²) in [4.78, 5) is 38.8. The lowest BCUT2D eigenvalue weighted by Gasteiger charge is -2.14. The van der Waals surface area contributed by atoms with Crippen molar-refractivity contribution in [1.29, 1.82) is 0 Å². The highest BCUT2D eigenvalue weighted by Crippen LogP contribution is 2.34. The Morgan fingerprint density at radius 1 is 1.03 bits per heavy atom. The molecule has 0 aliphatic carbocycles. The van der Waals surface area contributed by atoms with Crippen molar-refractivity contribution in [2.75, 3.05) is 11.9 Å². The van der Waals surface area contributed by atoms with Crippen molar-refractivity contribution < 1.29 is 27.6 Å². The fraction of sp³-hybridized carbons (Fsp3) is 0.222. The van der Waals surface area contributed by atoms with Crippen LogP contribution in [0, 0.1) is 27.7 Å². The number of rotatable bonds is 5. The third kappa shape index (κ3) is 5.34. The van der Waals surface area contributed by atoms with Crippen molar-refractivity contribution in [1.82, 2.24) is 9.47 Å². The van der Waals surface area contributed by atoms with Crippen LogP contribution in [0.5, 0.6) is 0 Å². The second kappa shape index (κ2) is 9.93. The minimum atomic E-state index is -4.56. The molecule has 1 aliphatic rings. The van der Waals surface area contributed by atoms with E-state index >= 15 is 0 Å². The van der Waals surface area contributed by atoms with E-state index < -0.39 is 35.3 Å². The van der Waals surface area contributed by atoms with Gasteiger partial charge in [-0.05, 0) is 92.6 Å². The highest BCUT2D eigenvalue weighted by Gasteiger charge is 2.37. The highest BCUT2D eigenvalue weighted by molar-refractivity contribution is 8.18. The van der Waals surface area contributed by atoms with Crippen LogP contribution in [0.15, 0.2) is 53.4 Å². The van der Waals surface area contributed by atoms with Crippen LogP contribution in [0.1, 0.15) is 33.6 Å². The molecule has 192 valence electrons. The maximum atomic E-state index is 12.9. The zero-order valence-electron chi connectivity index (χ0n) is 20.6. The van der Waals surface area contributed by atoms with Gasteiger partial charge in [-0.25, -0.2) is 0 Å². The van der Waals surface area contributed by atoms with E-state index in [1.54, 1.807) is 6.08 Å². The summed E-state index contributed by atoms with van der Waals surface area (Å²) in [6.07, 6.45) is -2.94. The molecular weight excluding hydrogens is 503 g/mol. The van der Waals surface area contributed by atoms with Crippen molar-refractivity contribution >= 4 is 40.6 Å². The summed E-state index contributed by atoms with van der Waals surface area (Å²) in [7, 11) is 0. The molecule has 1 aliphatic heterocycles. The lowest BCUT2D eigenvalue weighted by molar-refractivity contribution is -0.137. The van der Waals surface area contributed by atoms with Gasteiger partial charge in [0.1, 0.15) is 6.54 Å². The fourth-order valence-corrected chi connectivity index (χ4v) is 5.01. The fourth-order valence-electron chi connectivity index (χ4n) is 4.18. The molecule has 0 radical (unpaired) electrons. The zero-order valence-corrected chi connectivity index (χ0v) is 21.4. The van der Waals surface area contributed by atoms with Crippen molar-refractivity contribution in [3.8, 4) is 5.69 Å². The van der Waals surface area contributed by atoms with Gasteiger partial charge in [-0.2, -0.15) is 13.2 Å². The van der Waals surface area contributed by atoms with Crippen LogP contribution >= 0.6 is 11.8 Å². The first-order chi connectivity index (χ1) is 17.4. The van der Waals surface area contributed by atoms with Crippen LogP contribution < -0.4 is 5.32 Å². The Bertz CT molecular complexity index is 1460. The maximum absolute atomic E-state index is 12.9. The molecule has 0 unspecified atom stereocenters. The average molecular weight is 528 g/mol. The van der Waals surface area contributed by atoms with Crippen molar-refractivity contribution in [2.45, 2.75) is 33.9 Å². The van der Waals surface area contributed by atoms with E-state index in [1.165, 1.54) is 6.07 Å². The lowest BCUT2D eigenvalue weighted by Crippen LogP contribution is -2.36. The summed E-state index contributed by atoms with van der Waals surface area (Å²) < 4.78 is 40.9. The molecule has 0 atom stereocenters. The van der Waals surface area contributed by atoms with Gasteiger partial charge in [-0.3, -0.25) is 19.3 Å². The minimum absolute atomic E-state index is 0.0822. The van der Waals surface area contributed by atoms with Gasteiger partial charge < -0.3 is 9.88 Å². The van der Waals surface area contributed by atoms with Crippen LogP contribution in [0.2, 0.25) is 0 Å². The molecule has 2 aromatic carbocycles. The van der Waals surface area contributed by atoms with E-state index in [-0.39, 0.29) is 10.6 Å². The summed E-state index contributed by atoms with van der Waals surface area (Å²) >= 11 is 0.716. The smallest absolute Gasteiger partial charge is 0.325 e. The number of hydrogen-bond donors (Lipinski definition) is 1. The van der Waals surface area contributed by atoms with Crippen LogP contribution in [-0.2, 0) is 15.8 Å². The van der Waals surface area contributed by atoms with Crippen LogP contribution in [-0.4, -0.2) is 33.1 Å². The summed E-state index contributed by atoms with van der Waals surface area (Å²) in [5, 5.41) is 1.69. The van der Waals surface area contributed by atoms with Gasteiger partial charge in [0.15, 0.2) is 0 Å². The van der Waals surface area contributed by atoms with E-state index in [0.717, 1.165) is 56.9 Å². The molecule has 37 heavy (non-hydrogen) atoms. The van der Waals surface area contributed by atoms with Gasteiger partial charge in [0.05, 0.1) is 10.5 Å². The van der Waals surface area contributed by atoms with Gasteiger partial charge >= 0.3 is 6.18 Å². The number of nitrogens with one attached hydrogen (secondary N) is 1. The number of nitrogens with zero attached hydrogens (tertiary/aromatic N) is 2. The molecule has 0 saturated carbocycles. The van der Waals surface area contributed by atoms with Crippen LogP contribution in [0.25, 0.3) is 11.8 Å². The first-order valence-corrected chi connectivity index (χ1v) is 12.2. The van der Waals surface area contributed by atoms with Gasteiger partial charge in [-0.1, -0.05) is 18.2 Å². The van der Waals surface area contributed by atoms with E-state index in [2.05, 4.69) is 9.88 Å². The van der Waals surface area contributed by atoms with Crippen LogP contribution in [0.3, 0.4) is 0 Å². The number of amides is 3. The van der Waals surface area contributed by atoms with Gasteiger partial charge in [-0.15, -0.1) is 0 Å². The number of anilines is 1. The Morgan fingerprint density at radius 3 is 2.43 bits per heavy atom. The molecule has 1 fully saturated rings. The zero-order chi connectivity index (χ0) is 27.1. The molecule has 1 saturated heterocycles. The molecule has 10 heteroatoms. The number of benzene rings is 2. The van der Waals surface area contributed by atoms with Crippen molar-refractivity contribution in [3.05, 3.63) is 87.1 Å². The molecule has 3 aromatic rings. The lowest BCUT2D eigenvalue weighted by atomic mass is 10.1. The second-order valence-corrected chi connectivity index (χ2v) is 9.77. The third-order valence-corrected chi connectivity index (χ3v) is 7.13. The first kappa shape index (κ1) is 26.3. The van der Waals surface area contributed by atoms with Crippen molar-refractivity contribution in [2.24, 2.45) is 0 Å². The Labute approximate surface area is 216 Å². The largest absolute Gasteiger partial charge is 0.416 e. The molecule has 4 rings (SSSR count). The maximum Gasteiger partial charge on any atom is 0.416 e. The summed E-state index contributed by atoms with van der Waals surface area (Å²) in [5.41, 5.74) is 4.90. The predicted molar refractivity (Wildman–Crippen MR) is 137 cm³/mol. The summed E-state index contributed by atoms with van der Waals surface area (Å²) in [5.74, 6) is -1.42. The average Bonchev–Trinajstić information content (AvgIpc) is 3.24. The number of alkyl halides is 3. The van der Waals surface area contributed by atoms with Gasteiger partial charge in [0, 0.05) is 22.8 Å². The first-order valence-electron chi connectivity index (χ1n) is 11.3. The quantitative estimate of drug-likeness (QED) is 0.390. The Kier molecular flexibility index (Phi) is 7.05. The molecule has 2 heterocycles. The summed E-state index contributed by atoms with van der Waals surface area (Å²) in [6, 6.07) is 12.1. The number of carbonyl (C=O) groups is 3.